The van der Waals surface area contributed by atoms with Gasteiger partial charge in [0.1, 0.15) is 22.7 Å². The van der Waals surface area contributed by atoms with Crippen LogP contribution in [0.3, 0.4) is 0 Å². The van der Waals surface area contributed by atoms with E-state index in [9.17, 15) is 19.1 Å². The summed E-state index contributed by atoms with van der Waals surface area (Å²) in [5.41, 5.74) is 3.25. The van der Waals surface area contributed by atoms with Crippen LogP contribution in [0.4, 0.5) is 10.1 Å². The zero-order valence-electron chi connectivity index (χ0n) is 19.5. The van der Waals surface area contributed by atoms with Crippen molar-refractivity contribution in [2.75, 3.05) is 5.32 Å². The maximum absolute atomic E-state index is 14.8. The molecule has 0 bridgehead atoms. The fourth-order valence-electron chi connectivity index (χ4n) is 4.29. The molecule has 4 rings (SSSR count). The minimum Gasteiger partial charge on any atom is -0.478 e. The monoisotopic (exact) mass is 459 g/mol. The van der Waals surface area contributed by atoms with Gasteiger partial charge in [-0.25, -0.2) is 9.18 Å². The third-order valence-electron chi connectivity index (χ3n) is 6.08. The number of hydrogen-bond donors (Lipinski definition) is 2. The number of carbonyl (C=O) groups is 1. The number of carboxylic acids is 1. The van der Waals surface area contributed by atoms with Crippen LogP contribution >= 0.6 is 0 Å². The Morgan fingerprint density at radius 2 is 1.82 bits per heavy atom. The molecule has 0 saturated heterocycles. The molecule has 34 heavy (non-hydrogen) atoms. The van der Waals surface area contributed by atoms with Gasteiger partial charge in [-0.2, -0.15) is 0 Å². The summed E-state index contributed by atoms with van der Waals surface area (Å²) in [6.07, 6.45) is 0.386. The van der Waals surface area contributed by atoms with Gasteiger partial charge in [-0.15, -0.1) is 0 Å². The Bertz CT molecular complexity index is 1460. The summed E-state index contributed by atoms with van der Waals surface area (Å²) in [6, 6.07) is 15.8. The number of hydrogen-bond acceptors (Lipinski definition) is 4. The van der Waals surface area contributed by atoms with E-state index in [0.717, 1.165) is 11.1 Å². The van der Waals surface area contributed by atoms with Gasteiger partial charge in [-0.3, -0.25) is 4.79 Å². The number of halogens is 1. The highest BCUT2D eigenvalue weighted by Gasteiger charge is 2.23. The van der Waals surface area contributed by atoms with Crippen molar-refractivity contribution in [1.29, 1.82) is 0 Å². The van der Waals surface area contributed by atoms with Crippen molar-refractivity contribution in [3.63, 3.8) is 0 Å². The number of rotatable bonds is 6. The second-order valence-corrected chi connectivity index (χ2v) is 8.47. The molecule has 0 spiro atoms. The summed E-state index contributed by atoms with van der Waals surface area (Å²) in [6.45, 7) is 7.23. The van der Waals surface area contributed by atoms with Gasteiger partial charge in [-0.1, -0.05) is 49.4 Å². The van der Waals surface area contributed by atoms with Crippen molar-refractivity contribution in [1.82, 2.24) is 0 Å². The van der Waals surface area contributed by atoms with Gasteiger partial charge >= 0.3 is 5.97 Å². The van der Waals surface area contributed by atoms with Gasteiger partial charge in [0.05, 0.1) is 17.1 Å². The Kier molecular flexibility index (Phi) is 6.24. The molecule has 0 amide bonds. The summed E-state index contributed by atoms with van der Waals surface area (Å²) < 4.78 is 21.1. The molecule has 174 valence electrons. The molecule has 1 unspecified atom stereocenters. The zero-order valence-corrected chi connectivity index (χ0v) is 19.5. The van der Waals surface area contributed by atoms with E-state index in [2.05, 4.69) is 5.32 Å². The second-order valence-electron chi connectivity index (χ2n) is 8.47. The molecular formula is C28H26FNO4. The first-order chi connectivity index (χ1) is 16.2. The third kappa shape index (κ3) is 4.07. The van der Waals surface area contributed by atoms with E-state index in [1.165, 1.54) is 0 Å². The van der Waals surface area contributed by atoms with E-state index >= 15 is 0 Å². The lowest BCUT2D eigenvalue weighted by Gasteiger charge is -2.20. The maximum atomic E-state index is 14.8. The minimum absolute atomic E-state index is 0.123. The topological polar surface area (TPSA) is 79.5 Å². The number of nitrogens with one attached hydrogen (secondary N) is 1. The molecule has 1 aromatic heterocycles. The van der Waals surface area contributed by atoms with E-state index in [4.69, 9.17) is 4.42 Å². The molecular weight excluding hydrogens is 433 g/mol. The molecule has 0 aliphatic carbocycles. The van der Waals surface area contributed by atoms with Crippen LogP contribution in [0.1, 0.15) is 52.5 Å². The molecule has 0 saturated carbocycles. The standard InChI is InChI=1S/C28H26FNO4/c1-5-18-11-12-22(23(24(18)29)28(32)33)30-17(4)20-13-15(2)14-21-25(31)16(3)26(34-27(20)21)19-9-7-6-8-10-19/h6-14,17,30H,5H2,1-4H3,(H,32,33). The smallest absolute Gasteiger partial charge is 0.340 e. The number of anilines is 1. The Morgan fingerprint density at radius 3 is 2.47 bits per heavy atom. The highest BCUT2D eigenvalue weighted by Crippen LogP contribution is 2.33. The summed E-state index contributed by atoms with van der Waals surface area (Å²) in [5, 5.41) is 13.2. The van der Waals surface area contributed by atoms with Crippen molar-refractivity contribution in [3.05, 3.63) is 98.5 Å². The molecule has 6 heteroatoms. The summed E-state index contributed by atoms with van der Waals surface area (Å²) in [5.74, 6) is -1.60. The predicted octanol–water partition coefficient (Wildman–Crippen LogP) is 6.65. The molecule has 0 aliphatic rings. The highest BCUT2D eigenvalue weighted by atomic mass is 19.1. The summed E-state index contributed by atoms with van der Waals surface area (Å²) in [7, 11) is 0. The van der Waals surface area contributed by atoms with Crippen LogP contribution in [-0.2, 0) is 6.42 Å². The van der Waals surface area contributed by atoms with Gasteiger partial charge in [0.2, 0.25) is 0 Å². The van der Waals surface area contributed by atoms with Gasteiger partial charge in [0.15, 0.2) is 5.43 Å². The number of fused-ring (bicyclic) bond motifs is 1. The lowest BCUT2D eigenvalue weighted by atomic mass is 9.98. The SMILES string of the molecule is CCc1ccc(NC(C)c2cc(C)cc3c(=O)c(C)c(-c4ccccc4)oc23)c(C(=O)O)c1F. The van der Waals surface area contributed by atoms with E-state index in [1.54, 1.807) is 32.0 Å². The molecule has 0 fully saturated rings. The highest BCUT2D eigenvalue weighted by molar-refractivity contribution is 5.95. The quantitative estimate of drug-likeness (QED) is 0.337. The van der Waals surface area contributed by atoms with Gasteiger partial charge in [0, 0.05) is 16.7 Å². The lowest BCUT2D eigenvalue weighted by Crippen LogP contribution is -2.15. The number of aryl methyl sites for hydroxylation is 2. The molecule has 1 heterocycles. The predicted molar refractivity (Wildman–Crippen MR) is 132 cm³/mol. The first-order valence-corrected chi connectivity index (χ1v) is 11.2. The largest absolute Gasteiger partial charge is 0.478 e. The normalized spacial score (nSPS) is 12.0. The molecule has 5 nitrogen and oxygen atoms in total. The van der Waals surface area contributed by atoms with E-state index < -0.39 is 23.4 Å². The van der Waals surface area contributed by atoms with Crippen molar-refractivity contribution in [2.24, 2.45) is 0 Å². The molecule has 4 aromatic rings. The number of carboxylic acid groups (broad SMARTS) is 1. The van der Waals surface area contributed by atoms with Gasteiger partial charge in [0.25, 0.3) is 0 Å². The Labute approximate surface area is 196 Å². The van der Waals surface area contributed by atoms with Crippen LogP contribution in [0, 0.1) is 19.7 Å². The van der Waals surface area contributed by atoms with E-state index in [0.29, 0.717) is 39.8 Å². The zero-order chi connectivity index (χ0) is 24.6. The van der Waals surface area contributed by atoms with Gasteiger partial charge < -0.3 is 14.8 Å². The molecule has 2 N–H and O–H groups in total. The Balaban J connectivity index is 1.88. The number of benzene rings is 3. The molecule has 0 radical (unpaired) electrons. The van der Waals surface area contributed by atoms with Crippen LogP contribution in [0.15, 0.2) is 63.8 Å². The summed E-state index contributed by atoms with van der Waals surface area (Å²) >= 11 is 0. The average Bonchev–Trinajstić information content (AvgIpc) is 2.81. The summed E-state index contributed by atoms with van der Waals surface area (Å²) in [4.78, 5) is 25.1. The van der Waals surface area contributed by atoms with Crippen LogP contribution in [-0.4, -0.2) is 11.1 Å². The minimum atomic E-state index is -1.34. The maximum Gasteiger partial charge on any atom is 0.340 e. The van der Waals surface area contributed by atoms with Crippen LogP contribution in [0.5, 0.6) is 0 Å². The van der Waals surface area contributed by atoms with Crippen molar-refractivity contribution < 1.29 is 18.7 Å². The van der Waals surface area contributed by atoms with Crippen LogP contribution in [0.2, 0.25) is 0 Å². The van der Waals surface area contributed by atoms with Crippen LogP contribution < -0.4 is 10.7 Å². The van der Waals surface area contributed by atoms with Crippen molar-refractivity contribution in [2.45, 2.75) is 40.2 Å². The van der Waals surface area contributed by atoms with Crippen LogP contribution in [0.25, 0.3) is 22.3 Å². The molecule has 3 aromatic carbocycles. The molecule has 1 atom stereocenters. The van der Waals surface area contributed by atoms with E-state index in [-0.39, 0.29) is 11.1 Å². The van der Waals surface area contributed by atoms with Crippen molar-refractivity contribution in [3.8, 4) is 11.3 Å². The first kappa shape index (κ1) is 23.2. The fraction of sp³-hybridized carbons (Fsp3) is 0.214. The average molecular weight is 460 g/mol. The fourth-order valence-corrected chi connectivity index (χ4v) is 4.29. The van der Waals surface area contributed by atoms with E-state index in [1.807, 2.05) is 50.2 Å². The Hall–Kier alpha value is -3.93. The van der Waals surface area contributed by atoms with Gasteiger partial charge in [-0.05, 0) is 50.5 Å². The van der Waals surface area contributed by atoms with Crippen molar-refractivity contribution >= 4 is 22.6 Å². The Morgan fingerprint density at radius 1 is 1.12 bits per heavy atom. The second kappa shape index (κ2) is 9.14. The number of aromatic carboxylic acids is 1. The lowest BCUT2D eigenvalue weighted by molar-refractivity contribution is 0.0692. The third-order valence-corrected chi connectivity index (χ3v) is 6.08. The first-order valence-electron chi connectivity index (χ1n) is 11.2. The molecule has 0 aliphatic heterocycles.